The maximum atomic E-state index is 6.25. The molecular weight excluding hydrogens is 262 g/mol. The predicted molar refractivity (Wildman–Crippen MR) is 80.7 cm³/mol. The molecule has 0 saturated heterocycles. The summed E-state index contributed by atoms with van der Waals surface area (Å²) in [4.78, 5) is 0. The van der Waals surface area contributed by atoms with Crippen molar-refractivity contribution in [2.75, 3.05) is 27.3 Å². The predicted octanol–water partition coefficient (Wildman–Crippen LogP) is 3.68. The van der Waals surface area contributed by atoms with E-state index in [2.05, 4.69) is 12.2 Å². The van der Waals surface area contributed by atoms with Gasteiger partial charge in [-0.2, -0.15) is 0 Å². The van der Waals surface area contributed by atoms with Crippen LogP contribution in [0.1, 0.15) is 31.7 Å². The molecule has 0 unspecified atom stereocenters. The van der Waals surface area contributed by atoms with Crippen LogP contribution in [0.4, 0.5) is 0 Å². The molecule has 0 bridgehead atoms. The van der Waals surface area contributed by atoms with Crippen molar-refractivity contribution in [3.8, 4) is 11.5 Å². The van der Waals surface area contributed by atoms with E-state index in [4.69, 9.17) is 21.1 Å². The van der Waals surface area contributed by atoms with Crippen molar-refractivity contribution in [3.05, 3.63) is 22.7 Å². The molecule has 0 heterocycles. The van der Waals surface area contributed by atoms with Crippen LogP contribution in [0.2, 0.25) is 5.02 Å². The Morgan fingerprint density at radius 2 is 1.74 bits per heavy atom. The number of hydrogen-bond donors (Lipinski definition) is 1. The van der Waals surface area contributed by atoms with Crippen molar-refractivity contribution in [2.24, 2.45) is 0 Å². The number of benzene rings is 1. The summed E-state index contributed by atoms with van der Waals surface area (Å²) in [6.07, 6.45) is 4.42. The maximum absolute atomic E-state index is 6.25. The summed E-state index contributed by atoms with van der Waals surface area (Å²) < 4.78 is 10.5. The highest BCUT2D eigenvalue weighted by Crippen LogP contribution is 2.33. The van der Waals surface area contributed by atoms with Gasteiger partial charge in [0, 0.05) is 11.1 Å². The second kappa shape index (κ2) is 9.05. The minimum Gasteiger partial charge on any atom is -0.493 e. The molecule has 1 rings (SSSR count). The van der Waals surface area contributed by atoms with Gasteiger partial charge in [-0.3, -0.25) is 0 Å². The van der Waals surface area contributed by atoms with E-state index in [1.54, 1.807) is 14.2 Å². The Balaban J connectivity index is 2.49. The highest BCUT2D eigenvalue weighted by molar-refractivity contribution is 6.31. The first kappa shape index (κ1) is 16.1. The lowest BCUT2D eigenvalue weighted by molar-refractivity contribution is 0.354. The molecule has 0 saturated carbocycles. The molecule has 0 aromatic heterocycles. The topological polar surface area (TPSA) is 30.5 Å². The number of methoxy groups -OCH3 is 2. The van der Waals surface area contributed by atoms with Crippen LogP contribution in [0.5, 0.6) is 11.5 Å². The van der Waals surface area contributed by atoms with E-state index in [1.165, 1.54) is 6.42 Å². The van der Waals surface area contributed by atoms with Crippen LogP contribution in [0.3, 0.4) is 0 Å². The van der Waals surface area contributed by atoms with Gasteiger partial charge in [0.15, 0.2) is 11.5 Å². The Kier molecular flexibility index (Phi) is 7.68. The molecule has 0 aliphatic carbocycles. The number of halogens is 1. The molecule has 0 fully saturated rings. The second-order valence-corrected chi connectivity index (χ2v) is 4.91. The van der Waals surface area contributed by atoms with Gasteiger partial charge in [0.2, 0.25) is 0 Å². The molecule has 0 atom stereocenters. The summed E-state index contributed by atoms with van der Waals surface area (Å²) in [5.41, 5.74) is 1.12. The Hall–Kier alpha value is -0.930. The molecule has 1 N–H and O–H groups in total. The number of nitrogens with one attached hydrogen (secondary N) is 1. The van der Waals surface area contributed by atoms with Crippen molar-refractivity contribution in [1.82, 2.24) is 5.32 Å². The molecule has 1 aromatic rings. The minimum absolute atomic E-state index is 0.681. The van der Waals surface area contributed by atoms with Gasteiger partial charge in [-0.1, -0.05) is 18.5 Å². The zero-order chi connectivity index (χ0) is 14.1. The Morgan fingerprint density at radius 1 is 1.05 bits per heavy atom. The summed E-state index contributed by atoms with van der Waals surface area (Å²) in [5, 5.41) is 4.15. The fourth-order valence-corrected chi connectivity index (χ4v) is 2.20. The van der Waals surface area contributed by atoms with Crippen molar-refractivity contribution in [3.63, 3.8) is 0 Å². The molecule has 0 spiro atoms. The fourth-order valence-electron chi connectivity index (χ4n) is 1.96. The lowest BCUT2D eigenvalue weighted by atomic mass is 10.1. The van der Waals surface area contributed by atoms with Crippen LogP contribution >= 0.6 is 11.6 Å². The van der Waals surface area contributed by atoms with Gasteiger partial charge < -0.3 is 14.8 Å². The molecule has 108 valence electrons. The van der Waals surface area contributed by atoms with Crippen LogP contribution < -0.4 is 14.8 Å². The lowest BCUT2D eigenvalue weighted by Crippen LogP contribution is -2.15. The first-order valence-electron chi connectivity index (χ1n) is 6.84. The van der Waals surface area contributed by atoms with E-state index in [0.29, 0.717) is 5.75 Å². The number of rotatable bonds is 9. The maximum Gasteiger partial charge on any atom is 0.162 e. The molecule has 0 amide bonds. The molecule has 0 radical (unpaired) electrons. The third-order valence-corrected chi connectivity index (χ3v) is 3.38. The highest BCUT2D eigenvalue weighted by atomic mass is 35.5. The van der Waals surface area contributed by atoms with Gasteiger partial charge in [0.05, 0.1) is 14.2 Å². The van der Waals surface area contributed by atoms with Crippen LogP contribution in [0.25, 0.3) is 0 Å². The van der Waals surface area contributed by atoms with E-state index in [0.717, 1.165) is 48.7 Å². The molecular formula is C15H24ClNO2. The van der Waals surface area contributed by atoms with Crippen molar-refractivity contribution >= 4 is 11.6 Å². The smallest absolute Gasteiger partial charge is 0.162 e. The van der Waals surface area contributed by atoms with Gasteiger partial charge in [-0.15, -0.1) is 0 Å². The standard InChI is InChI=1S/C15H24ClNO2/c1-4-8-17-9-6-5-7-12-10-14(18-2)15(19-3)11-13(12)16/h10-11,17H,4-9H2,1-3H3. The number of hydrogen-bond acceptors (Lipinski definition) is 3. The summed E-state index contributed by atoms with van der Waals surface area (Å²) in [6, 6.07) is 3.80. The number of aryl methyl sites for hydroxylation is 1. The van der Waals surface area contributed by atoms with Crippen molar-refractivity contribution in [2.45, 2.75) is 32.6 Å². The number of ether oxygens (including phenoxy) is 2. The largest absolute Gasteiger partial charge is 0.493 e. The van der Waals surface area contributed by atoms with Crippen LogP contribution in [-0.4, -0.2) is 27.3 Å². The Labute approximate surface area is 121 Å². The van der Waals surface area contributed by atoms with E-state index < -0.39 is 0 Å². The Morgan fingerprint density at radius 3 is 2.37 bits per heavy atom. The van der Waals surface area contributed by atoms with Crippen molar-refractivity contribution < 1.29 is 9.47 Å². The highest BCUT2D eigenvalue weighted by Gasteiger charge is 2.09. The van der Waals surface area contributed by atoms with Crippen LogP contribution in [0.15, 0.2) is 12.1 Å². The summed E-state index contributed by atoms with van der Waals surface area (Å²) >= 11 is 6.25. The molecule has 4 heteroatoms. The van der Waals surface area contributed by atoms with Crippen molar-refractivity contribution in [1.29, 1.82) is 0 Å². The second-order valence-electron chi connectivity index (χ2n) is 4.51. The Bertz CT molecular complexity index is 383. The normalized spacial score (nSPS) is 10.5. The SMILES string of the molecule is CCCNCCCCc1cc(OC)c(OC)cc1Cl. The zero-order valence-electron chi connectivity index (χ0n) is 12.1. The van der Waals surface area contributed by atoms with E-state index in [-0.39, 0.29) is 0 Å². The van der Waals surface area contributed by atoms with Gasteiger partial charge >= 0.3 is 0 Å². The summed E-state index contributed by atoms with van der Waals surface area (Å²) in [5.74, 6) is 1.42. The third kappa shape index (κ3) is 5.29. The number of unbranched alkanes of at least 4 members (excludes halogenated alkanes) is 1. The minimum atomic E-state index is 0.681. The molecule has 0 aliphatic rings. The van der Waals surface area contributed by atoms with Gasteiger partial charge in [0.1, 0.15) is 0 Å². The van der Waals surface area contributed by atoms with Gasteiger partial charge in [0.25, 0.3) is 0 Å². The monoisotopic (exact) mass is 285 g/mol. The van der Waals surface area contributed by atoms with E-state index in [9.17, 15) is 0 Å². The first-order chi connectivity index (χ1) is 9.22. The summed E-state index contributed by atoms with van der Waals surface area (Å²) in [6.45, 7) is 4.34. The fraction of sp³-hybridized carbons (Fsp3) is 0.600. The average molecular weight is 286 g/mol. The zero-order valence-corrected chi connectivity index (χ0v) is 12.8. The summed E-state index contributed by atoms with van der Waals surface area (Å²) in [7, 11) is 3.26. The quantitative estimate of drug-likeness (QED) is 0.702. The van der Waals surface area contributed by atoms with Gasteiger partial charge in [-0.05, 0) is 50.4 Å². The third-order valence-electron chi connectivity index (χ3n) is 3.03. The molecule has 0 aliphatic heterocycles. The average Bonchev–Trinajstić information content (AvgIpc) is 2.43. The lowest BCUT2D eigenvalue weighted by Gasteiger charge is -2.11. The molecule has 19 heavy (non-hydrogen) atoms. The van der Waals surface area contributed by atoms with E-state index in [1.807, 2.05) is 12.1 Å². The van der Waals surface area contributed by atoms with Gasteiger partial charge in [-0.25, -0.2) is 0 Å². The molecule has 1 aromatic carbocycles. The van der Waals surface area contributed by atoms with E-state index >= 15 is 0 Å². The van der Waals surface area contributed by atoms with Crippen LogP contribution in [0, 0.1) is 0 Å². The molecule has 3 nitrogen and oxygen atoms in total. The van der Waals surface area contributed by atoms with Crippen LogP contribution in [-0.2, 0) is 6.42 Å². The first-order valence-corrected chi connectivity index (χ1v) is 7.21.